The van der Waals surface area contributed by atoms with E-state index in [0.29, 0.717) is 40.7 Å². The highest BCUT2D eigenvalue weighted by Crippen LogP contribution is 2.31. The molecule has 6 nitrogen and oxygen atoms in total. The Labute approximate surface area is 231 Å². The predicted molar refractivity (Wildman–Crippen MR) is 153 cm³/mol. The zero-order valence-electron chi connectivity index (χ0n) is 21.2. The maximum absolute atomic E-state index is 13.6. The first-order valence-corrected chi connectivity index (χ1v) is 12.9. The first-order chi connectivity index (χ1) is 19.0. The van der Waals surface area contributed by atoms with Crippen LogP contribution in [0.5, 0.6) is 5.75 Å². The van der Waals surface area contributed by atoms with Crippen LogP contribution in [0.1, 0.15) is 23.6 Å². The zero-order chi connectivity index (χ0) is 27.4. The molecule has 0 aliphatic carbocycles. The fourth-order valence-corrected chi connectivity index (χ4v) is 4.65. The summed E-state index contributed by atoms with van der Waals surface area (Å²) in [5.74, 6) is -0.763. The molecule has 1 saturated heterocycles. The van der Waals surface area contributed by atoms with Crippen molar-refractivity contribution in [1.29, 1.82) is 0 Å². The molecule has 0 saturated carbocycles. The van der Waals surface area contributed by atoms with Gasteiger partial charge in [0.25, 0.3) is 11.8 Å². The standard InChI is InChI=1S/C32H25ClN2O4/c1-2-39-29-20-22(17-18-24(29)21-23-11-9-10-16-28(23)33)19-27-30(36)34(25-12-5-3-6-13-25)32(38)35(31(27)37)26-14-7-4-8-15-26/h3-20H,2,21H2,1H3. The lowest BCUT2D eigenvalue weighted by atomic mass is 10.00. The van der Waals surface area contributed by atoms with E-state index in [-0.39, 0.29) is 5.57 Å². The second-order valence-corrected chi connectivity index (χ2v) is 9.27. The van der Waals surface area contributed by atoms with Crippen LogP contribution in [0, 0.1) is 0 Å². The Bertz CT molecular complexity index is 1500. The third-order valence-corrected chi connectivity index (χ3v) is 6.69. The summed E-state index contributed by atoms with van der Waals surface area (Å²) in [5, 5.41) is 0.663. The fourth-order valence-electron chi connectivity index (χ4n) is 4.45. The van der Waals surface area contributed by atoms with Crippen LogP contribution in [0.25, 0.3) is 6.08 Å². The summed E-state index contributed by atoms with van der Waals surface area (Å²) in [5.41, 5.74) is 3.07. The summed E-state index contributed by atoms with van der Waals surface area (Å²) in [6.45, 7) is 2.32. The highest BCUT2D eigenvalue weighted by atomic mass is 35.5. The van der Waals surface area contributed by atoms with Crippen molar-refractivity contribution in [2.24, 2.45) is 0 Å². The lowest BCUT2D eigenvalue weighted by Crippen LogP contribution is -2.57. The SMILES string of the molecule is CCOc1cc(C=C2C(=O)N(c3ccccc3)C(=O)N(c3ccccc3)C2=O)ccc1Cc1ccccc1Cl. The van der Waals surface area contributed by atoms with Crippen molar-refractivity contribution in [1.82, 2.24) is 0 Å². The minimum atomic E-state index is -0.732. The van der Waals surface area contributed by atoms with Gasteiger partial charge in [-0.2, -0.15) is 0 Å². The lowest BCUT2D eigenvalue weighted by Gasteiger charge is -2.33. The summed E-state index contributed by atoms with van der Waals surface area (Å²) >= 11 is 6.37. The number of imide groups is 2. The van der Waals surface area contributed by atoms with Gasteiger partial charge in [-0.25, -0.2) is 14.6 Å². The Morgan fingerprint density at radius 1 is 0.718 bits per heavy atom. The molecular formula is C32H25ClN2O4. The van der Waals surface area contributed by atoms with E-state index in [1.807, 2.05) is 43.3 Å². The Hall–Kier alpha value is -4.68. The summed E-state index contributed by atoms with van der Waals surface area (Å²) in [6.07, 6.45) is 2.06. The molecule has 0 spiro atoms. The molecule has 0 unspecified atom stereocenters. The van der Waals surface area contributed by atoms with Gasteiger partial charge in [0.2, 0.25) is 0 Å². The normalized spacial score (nSPS) is 13.6. The van der Waals surface area contributed by atoms with Crippen LogP contribution in [0.4, 0.5) is 16.2 Å². The largest absolute Gasteiger partial charge is 0.494 e. The average Bonchev–Trinajstić information content (AvgIpc) is 2.95. The number of anilines is 2. The minimum Gasteiger partial charge on any atom is -0.494 e. The summed E-state index contributed by atoms with van der Waals surface area (Å²) < 4.78 is 5.91. The molecule has 4 amide bonds. The molecule has 0 bridgehead atoms. The van der Waals surface area contributed by atoms with Gasteiger partial charge in [-0.1, -0.05) is 78.3 Å². The molecule has 0 aromatic heterocycles. The van der Waals surface area contributed by atoms with E-state index in [0.717, 1.165) is 20.9 Å². The van der Waals surface area contributed by atoms with Crippen molar-refractivity contribution in [2.75, 3.05) is 16.4 Å². The fraction of sp³-hybridized carbons (Fsp3) is 0.0938. The molecule has 0 atom stereocenters. The quantitative estimate of drug-likeness (QED) is 0.190. The van der Waals surface area contributed by atoms with Crippen LogP contribution in [-0.4, -0.2) is 24.5 Å². The molecule has 1 aliphatic heterocycles. The van der Waals surface area contributed by atoms with E-state index in [9.17, 15) is 14.4 Å². The van der Waals surface area contributed by atoms with Crippen molar-refractivity contribution in [2.45, 2.75) is 13.3 Å². The van der Waals surface area contributed by atoms with Gasteiger partial charge >= 0.3 is 6.03 Å². The van der Waals surface area contributed by atoms with Crippen LogP contribution in [0.3, 0.4) is 0 Å². The van der Waals surface area contributed by atoms with Crippen molar-refractivity contribution < 1.29 is 19.1 Å². The maximum atomic E-state index is 13.6. The highest BCUT2D eigenvalue weighted by Gasteiger charge is 2.43. The van der Waals surface area contributed by atoms with Crippen molar-refractivity contribution in [3.63, 3.8) is 0 Å². The number of amides is 4. The van der Waals surface area contributed by atoms with Gasteiger partial charge in [-0.3, -0.25) is 9.59 Å². The Morgan fingerprint density at radius 3 is 1.85 bits per heavy atom. The van der Waals surface area contributed by atoms with Crippen LogP contribution < -0.4 is 14.5 Å². The number of benzene rings is 4. The van der Waals surface area contributed by atoms with Crippen LogP contribution in [0.2, 0.25) is 5.02 Å². The lowest BCUT2D eigenvalue weighted by molar-refractivity contribution is -0.121. The van der Waals surface area contributed by atoms with Gasteiger partial charge in [0.05, 0.1) is 18.0 Å². The Kier molecular flexibility index (Phi) is 7.57. The van der Waals surface area contributed by atoms with Gasteiger partial charge in [-0.15, -0.1) is 0 Å². The molecule has 4 aromatic rings. The van der Waals surface area contributed by atoms with E-state index in [1.54, 1.807) is 66.7 Å². The van der Waals surface area contributed by atoms with Gasteiger partial charge in [0.1, 0.15) is 11.3 Å². The summed E-state index contributed by atoms with van der Waals surface area (Å²) in [6, 6.07) is 29.5. The number of rotatable bonds is 7. The number of carbonyl (C=O) groups excluding carboxylic acids is 3. The molecule has 7 heteroatoms. The highest BCUT2D eigenvalue weighted by molar-refractivity contribution is 6.46. The molecule has 1 heterocycles. The summed E-state index contributed by atoms with van der Waals surface area (Å²) in [4.78, 5) is 42.8. The number of hydrogen-bond acceptors (Lipinski definition) is 4. The van der Waals surface area contributed by atoms with Crippen molar-refractivity contribution in [3.05, 3.63) is 130 Å². The number of ether oxygens (including phenoxy) is 1. The van der Waals surface area contributed by atoms with Crippen LogP contribution in [-0.2, 0) is 16.0 Å². The van der Waals surface area contributed by atoms with Crippen molar-refractivity contribution in [3.8, 4) is 5.75 Å². The first kappa shape index (κ1) is 25.9. The molecular weight excluding hydrogens is 512 g/mol. The molecule has 39 heavy (non-hydrogen) atoms. The van der Waals surface area contributed by atoms with Gasteiger partial charge in [0, 0.05) is 11.4 Å². The number of para-hydroxylation sites is 2. The van der Waals surface area contributed by atoms with E-state index in [1.165, 1.54) is 6.08 Å². The average molecular weight is 537 g/mol. The summed E-state index contributed by atoms with van der Waals surface area (Å²) in [7, 11) is 0. The van der Waals surface area contributed by atoms with Gasteiger partial charge < -0.3 is 4.74 Å². The van der Waals surface area contributed by atoms with Crippen molar-refractivity contribution >= 4 is 46.9 Å². The molecule has 1 aliphatic rings. The number of hydrogen-bond donors (Lipinski definition) is 0. The molecule has 5 rings (SSSR count). The number of nitrogens with zero attached hydrogens (tertiary/aromatic N) is 2. The molecule has 0 radical (unpaired) electrons. The second-order valence-electron chi connectivity index (χ2n) is 8.86. The number of barbiturate groups is 1. The Balaban J connectivity index is 1.57. The molecule has 1 fully saturated rings. The van der Waals surface area contributed by atoms with E-state index in [2.05, 4.69) is 0 Å². The molecule has 0 N–H and O–H groups in total. The van der Waals surface area contributed by atoms with E-state index in [4.69, 9.17) is 16.3 Å². The first-order valence-electron chi connectivity index (χ1n) is 12.5. The maximum Gasteiger partial charge on any atom is 0.343 e. The van der Waals surface area contributed by atoms with Gasteiger partial charge in [0.15, 0.2) is 0 Å². The van der Waals surface area contributed by atoms with Crippen LogP contribution in [0.15, 0.2) is 109 Å². The third kappa shape index (κ3) is 5.33. The van der Waals surface area contributed by atoms with E-state index >= 15 is 0 Å². The number of halogens is 1. The minimum absolute atomic E-state index is 0.136. The molecule has 4 aromatic carbocycles. The third-order valence-electron chi connectivity index (χ3n) is 6.32. The van der Waals surface area contributed by atoms with Crippen LogP contribution >= 0.6 is 11.6 Å². The zero-order valence-corrected chi connectivity index (χ0v) is 22.0. The topological polar surface area (TPSA) is 66.9 Å². The number of urea groups is 1. The smallest absolute Gasteiger partial charge is 0.343 e. The predicted octanol–water partition coefficient (Wildman–Crippen LogP) is 6.91. The van der Waals surface area contributed by atoms with E-state index < -0.39 is 17.8 Å². The Morgan fingerprint density at radius 2 is 1.28 bits per heavy atom. The number of carbonyl (C=O) groups is 3. The molecule has 194 valence electrons. The monoisotopic (exact) mass is 536 g/mol. The van der Waals surface area contributed by atoms with Gasteiger partial charge in [-0.05, 0) is 66.1 Å². The second kappa shape index (κ2) is 11.4.